The quantitative estimate of drug-likeness (QED) is 0.661. The van der Waals surface area contributed by atoms with Gasteiger partial charge in [-0.15, -0.1) is 11.3 Å². The van der Waals surface area contributed by atoms with Crippen LogP contribution in [0.15, 0.2) is 6.07 Å². The second-order valence-electron chi connectivity index (χ2n) is 9.34. The molecule has 4 rings (SSSR count). The molecule has 2 fully saturated rings. The average molecular weight is 455 g/mol. The lowest BCUT2D eigenvalue weighted by atomic mass is 9.79. The summed E-state index contributed by atoms with van der Waals surface area (Å²) in [4.78, 5) is 19.5. The first kappa shape index (κ1) is 22.2. The smallest absolute Gasteiger partial charge is 0.223 e. The minimum atomic E-state index is -3.08. The number of ether oxygens (including phenoxy) is 1. The van der Waals surface area contributed by atoms with E-state index in [2.05, 4.69) is 24.8 Å². The zero-order chi connectivity index (χ0) is 21.5. The summed E-state index contributed by atoms with van der Waals surface area (Å²) in [5, 5.41) is 0. The van der Waals surface area contributed by atoms with E-state index in [-0.39, 0.29) is 23.7 Å². The maximum atomic E-state index is 12.2. The molecule has 3 aliphatic rings. The zero-order valence-corrected chi connectivity index (χ0v) is 20.0. The number of rotatable bonds is 6. The molecule has 8 heteroatoms. The highest BCUT2D eigenvalue weighted by Crippen LogP contribution is 2.46. The molecule has 1 amide bonds. The topological polar surface area (TPSA) is 66.9 Å². The first-order chi connectivity index (χ1) is 14.2. The molecular weight excluding hydrogens is 420 g/mol. The van der Waals surface area contributed by atoms with Gasteiger partial charge in [0.1, 0.15) is 9.84 Å². The van der Waals surface area contributed by atoms with E-state index >= 15 is 0 Å². The number of hydrogen-bond acceptors (Lipinski definition) is 6. The number of likely N-dealkylation sites (tertiary alicyclic amines) is 2. The minimum absolute atomic E-state index is 0.0327. The number of thiophene rings is 1. The minimum Gasteiger partial charge on any atom is -0.370 e. The summed E-state index contributed by atoms with van der Waals surface area (Å²) in [5.74, 6) is 0.400. The first-order valence-corrected chi connectivity index (χ1v) is 14.0. The summed E-state index contributed by atoms with van der Waals surface area (Å²) in [6.45, 7) is 8.89. The van der Waals surface area contributed by atoms with Crippen LogP contribution in [0.1, 0.15) is 48.4 Å². The third-order valence-corrected chi connectivity index (χ3v) is 9.23. The van der Waals surface area contributed by atoms with Crippen LogP contribution >= 0.6 is 11.3 Å². The van der Waals surface area contributed by atoms with Crippen molar-refractivity contribution in [2.45, 2.75) is 57.6 Å². The molecule has 0 unspecified atom stereocenters. The number of aryl methyl sites for hydroxylation is 1. The van der Waals surface area contributed by atoms with Crippen molar-refractivity contribution in [3.63, 3.8) is 0 Å². The molecule has 1 spiro atoms. The predicted molar refractivity (Wildman–Crippen MR) is 120 cm³/mol. The Bertz CT molecular complexity index is 891. The maximum Gasteiger partial charge on any atom is 0.223 e. The van der Waals surface area contributed by atoms with Gasteiger partial charge in [0.25, 0.3) is 0 Å². The van der Waals surface area contributed by atoms with Gasteiger partial charge in [-0.1, -0.05) is 6.92 Å². The molecule has 0 aliphatic carbocycles. The van der Waals surface area contributed by atoms with Gasteiger partial charge in [0.15, 0.2) is 0 Å². The number of carbonyl (C=O) groups excluding carboxylic acids is 1. The maximum absolute atomic E-state index is 12.2. The summed E-state index contributed by atoms with van der Waals surface area (Å²) in [6, 6.07) is 2.85. The van der Waals surface area contributed by atoms with E-state index in [0.29, 0.717) is 12.0 Å². The lowest BCUT2D eigenvalue weighted by Crippen LogP contribution is -2.57. The Labute approximate surface area is 184 Å². The van der Waals surface area contributed by atoms with Crippen LogP contribution in [0, 0.1) is 5.92 Å². The van der Waals surface area contributed by atoms with Gasteiger partial charge in [0.2, 0.25) is 5.91 Å². The number of carbonyl (C=O) groups is 1. The van der Waals surface area contributed by atoms with Crippen LogP contribution in [0.3, 0.4) is 0 Å². The van der Waals surface area contributed by atoms with Gasteiger partial charge >= 0.3 is 0 Å². The van der Waals surface area contributed by atoms with Crippen LogP contribution in [-0.4, -0.2) is 75.0 Å². The Morgan fingerprint density at radius 2 is 2.13 bits per heavy atom. The predicted octanol–water partition coefficient (Wildman–Crippen LogP) is 2.46. The Morgan fingerprint density at radius 3 is 2.80 bits per heavy atom. The van der Waals surface area contributed by atoms with Crippen LogP contribution < -0.4 is 0 Å². The average Bonchev–Trinajstić information content (AvgIpc) is 3.08. The molecule has 0 radical (unpaired) electrons. The van der Waals surface area contributed by atoms with Crippen molar-refractivity contribution in [2.75, 3.05) is 44.8 Å². The second kappa shape index (κ2) is 8.52. The van der Waals surface area contributed by atoms with E-state index in [1.54, 1.807) is 4.90 Å². The molecule has 1 aromatic rings. The fraction of sp³-hybridized carbons (Fsp3) is 0.773. The summed E-state index contributed by atoms with van der Waals surface area (Å²) in [7, 11) is -3.08. The highest BCUT2D eigenvalue weighted by molar-refractivity contribution is 7.90. The number of nitrogens with zero attached hydrogens (tertiary/aromatic N) is 2. The Kier molecular flexibility index (Phi) is 6.32. The molecule has 2 saturated heterocycles. The normalized spacial score (nSPS) is 27.8. The summed E-state index contributed by atoms with van der Waals surface area (Å²) in [5.41, 5.74) is 1.34. The van der Waals surface area contributed by atoms with Gasteiger partial charge < -0.3 is 14.5 Å². The fourth-order valence-electron chi connectivity index (χ4n) is 5.20. The van der Waals surface area contributed by atoms with E-state index in [1.165, 1.54) is 21.6 Å². The lowest BCUT2D eigenvalue weighted by Gasteiger charge is -2.49. The molecule has 2 atom stereocenters. The lowest BCUT2D eigenvalue weighted by molar-refractivity contribution is -0.139. The molecule has 168 valence electrons. The van der Waals surface area contributed by atoms with Crippen molar-refractivity contribution in [1.82, 2.24) is 9.80 Å². The number of fused-ring (bicyclic) bond motifs is 2. The van der Waals surface area contributed by atoms with Crippen molar-refractivity contribution in [2.24, 2.45) is 5.92 Å². The van der Waals surface area contributed by atoms with Crippen molar-refractivity contribution < 1.29 is 17.9 Å². The Morgan fingerprint density at radius 1 is 1.37 bits per heavy atom. The molecule has 0 bridgehead atoms. The largest absolute Gasteiger partial charge is 0.370 e. The molecule has 30 heavy (non-hydrogen) atoms. The highest BCUT2D eigenvalue weighted by Gasteiger charge is 2.45. The van der Waals surface area contributed by atoms with Gasteiger partial charge in [-0.3, -0.25) is 4.79 Å². The van der Waals surface area contributed by atoms with Gasteiger partial charge in [-0.25, -0.2) is 8.42 Å². The van der Waals surface area contributed by atoms with Crippen LogP contribution in [0.2, 0.25) is 0 Å². The summed E-state index contributed by atoms with van der Waals surface area (Å²) < 4.78 is 29.0. The fourth-order valence-corrected chi connectivity index (χ4v) is 6.92. The van der Waals surface area contributed by atoms with Crippen molar-refractivity contribution in [3.8, 4) is 0 Å². The standard InChI is InChI=1S/C22H34N2O4S2/c1-4-18-11-19-20(29-18)5-9-28-22(19)7-8-23(16(2)12-22)13-17-14-24(15-17)21(25)6-10-30(3,26)27/h11,16-17H,4-10,12-15H2,1-3H3/t16-,22+/m0/s1. The van der Waals surface area contributed by atoms with Crippen LogP contribution in [0.25, 0.3) is 0 Å². The Hall–Kier alpha value is -0.960. The zero-order valence-electron chi connectivity index (χ0n) is 18.4. The van der Waals surface area contributed by atoms with E-state index < -0.39 is 9.84 Å². The molecule has 4 heterocycles. The molecule has 0 aromatic carbocycles. The van der Waals surface area contributed by atoms with Crippen molar-refractivity contribution in [3.05, 3.63) is 21.4 Å². The van der Waals surface area contributed by atoms with Crippen molar-refractivity contribution >= 4 is 27.1 Å². The van der Waals surface area contributed by atoms with Gasteiger partial charge in [-0.2, -0.15) is 0 Å². The molecular formula is C22H34N2O4S2. The molecule has 3 aliphatic heterocycles. The second-order valence-corrected chi connectivity index (χ2v) is 12.8. The number of amides is 1. The molecule has 0 N–H and O–H groups in total. The van der Waals surface area contributed by atoms with E-state index in [4.69, 9.17) is 4.74 Å². The number of piperidine rings is 1. The first-order valence-electron chi connectivity index (χ1n) is 11.1. The van der Waals surface area contributed by atoms with Crippen molar-refractivity contribution in [1.29, 1.82) is 0 Å². The third-order valence-electron chi connectivity index (χ3n) is 6.95. The Balaban J connectivity index is 1.30. The SMILES string of the molecule is CCc1cc2c(s1)CCO[C@@]21CCN(CC2CN(C(=O)CCS(C)(=O)=O)C2)[C@@H](C)C1. The van der Waals surface area contributed by atoms with Gasteiger partial charge in [0, 0.05) is 67.0 Å². The third kappa shape index (κ3) is 4.61. The van der Waals surface area contributed by atoms with Gasteiger partial charge in [-0.05, 0) is 37.8 Å². The van der Waals surface area contributed by atoms with Crippen LogP contribution in [0.4, 0.5) is 0 Å². The molecule has 0 saturated carbocycles. The monoisotopic (exact) mass is 454 g/mol. The summed E-state index contributed by atoms with van der Waals surface area (Å²) in [6.07, 6.45) is 5.50. The molecule has 6 nitrogen and oxygen atoms in total. The summed E-state index contributed by atoms with van der Waals surface area (Å²) >= 11 is 1.97. The number of hydrogen-bond donors (Lipinski definition) is 0. The van der Waals surface area contributed by atoms with E-state index in [0.717, 1.165) is 58.5 Å². The van der Waals surface area contributed by atoms with Crippen LogP contribution in [0.5, 0.6) is 0 Å². The van der Waals surface area contributed by atoms with E-state index in [1.807, 2.05) is 11.3 Å². The highest BCUT2D eigenvalue weighted by atomic mass is 32.2. The number of sulfone groups is 1. The van der Waals surface area contributed by atoms with Gasteiger partial charge in [0.05, 0.1) is 18.0 Å². The molecule has 1 aromatic heterocycles. The van der Waals surface area contributed by atoms with Crippen LogP contribution in [-0.2, 0) is 37.8 Å². The van der Waals surface area contributed by atoms with E-state index in [9.17, 15) is 13.2 Å².